The molecule has 0 unspecified atom stereocenters. The number of hydrogen-bond donors (Lipinski definition) is 2. The van der Waals surface area contributed by atoms with Crippen molar-refractivity contribution in [2.75, 3.05) is 10.6 Å². The molecule has 0 aliphatic rings. The summed E-state index contributed by atoms with van der Waals surface area (Å²) < 4.78 is 10.9. The summed E-state index contributed by atoms with van der Waals surface area (Å²) in [4.78, 5) is 24.9. The average Bonchev–Trinajstić information content (AvgIpc) is 3.33. The molecule has 32 heavy (non-hydrogen) atoms. The van der Waals surface area contributed by atoms with E-state index in [2.05, 4.69) is 16.7 Å². The molecule has 0 atom stereocenters. The minimum atomic E-state index is -0.364. The van der Waals surface area contributed by atoms with Gasteiger partial charge in [0.15, 0.2) is 5.76 Å². The zero-order valence-electron chi connectivity index (χ0n) is 17.5. The summed E-state index contributed by atoms with van der Waals surface area (Å²) >= 11 is 0. The maximum atomic E-state index is 12.7. The summed E-state index contributed by atoms with van der Waals surface area (Å²) in [6, 6.07) is 25.2. The van der Waals surface area contributed by atoms with Crippen LogP contribution in [0.2, 0.25) is 0 Å². The van der Waals surface area contributed by atoms with Crippen molar-refractivity contribution in [2.45, 2.75) is 13.5 Å². The van der Waals surface area contributed by atoms with Gasteiger partial charge in [-0.3, -0.25) is 9.59 Å². The number of amides is 2. The molecular weight excluding hydrogens is 404 g/mol. The molecule has 0 radical (unpaired) electrons. The topological polar surface area (TPSA) is 80.6 Å². The maximum absolute atomic E-state index is 12.7. The van der Waals surface area contributed by atoms with Crippen molar-refractivity contribution in [3.8, 4) is 5.75 Å². The van der Waals surface area contributed by atoms with Crippen LogP contribution in [0.3, 0.4) is 0 Å². The molecule has 1 heterocycles. The second kappa shape index (κ2) is 9.66. The second-order valence-corrected chi connectivity index (χ2v) is 7.27. The number of nitrogens with one attached hydrogen (secondary N) is 2. The number of anilines is 2. The molecule has 4 aromatic rings. The number of ether oxygens (including phenoxy) is 1. The van der Waals surface area contributed by atoms with Gasteiger partial charge in [0.2, 0.25) is 0 Å². The number of carbonyl (C=O) groups excluding carboxylic acids is 2. The molecule has 160 valence electrons. The van der Waals surface area contributed by atoms with Gasteiger partial charge < -0.3 is 19.8 Å². The molecular formula is C26H22N2O4. The lowest BCUT2D eigenvalue weighted by Gasteiger charge is -2.10. The number of aryl methyl sites for hydroxylation is 1. The van der Waals surface area contributed by atoms with Gasteiger partial charge in [0.1, 0.15) is 12.4 Å². The molecule has 1 aromatic heterocycles. The van der Waals surface area contributed by atoms with E-state index in [1.165, 1.54) is 11.8 Å². The van der Waals surface area contributed by atoms with Crippen LogP contribution in [0, 0.1) is 6.92 Å². The minimum absolute atomic E-state index is 0.210. The van der Waals surface area contributed by atoms with E-state index in [1.807, 2.05) is 31.2 Å². The molecule has 3 aromatic carbocycles. The van der Waals surface area contributed by atoms with Crippen LogP contribution in [0.5, 0.6) is 5.75 Å². The molecule has 2 amide bonds. The third-order valence-corrected chi connectivity index (χ3v) is 4.71. The summed E-state index contributed by atoms with van der Waals surface area (Å²) in [5.41, 5.74) is 3.80. The first-order valence-corrected chi connectivity index (χ1v) is 10.1. The Kier molecular flexibility index (Phi) is 6.32. The molecule has 0 saturated heterocycles. The van der Waals surface area contributed by atoms with Crippen LogP contribution in [0.15, 0.2) is 95.6 Å². The van der Waals surface area contributed by atoms with Crippen molar-refractivity contribution >= 4 is 23.2 Å². The second-order valence-electron chi connectivity index (χ2n) is 7.27. The van der Waals surface area contributed by atoms with Crippen molar-refractivity contribution in [1.29, 1.82) is 0 Å². The third kappa shape index (κ3) is 5.43. The van der Waals surface area contributed by atoms with Gasteiger partial charge in [-0.1, -0.05) is 42.0 Å². The van der Waals surface area contributed by atoms with Crippen LogP contribution < -0.4 is 15.4 Å². The van der Waals surface area contributed by atoms with Crippen LogP contribution in [-0.4, -0.2) is 11.8 Å². The Bertz CT molecular complexity index is 1230. The van der Waals surface area contributed by atoms with E-state index in [0.29, 0.717) is 29.3 Å². The molecule has 4 rings (SSSR count). The molecule has 0 aliphatic heterocycles. The predicted octanol–water partition coefficient (Wildman–Crippen LogP) is 5.67. The van der Waals surface area contributed by atoms with Gasteiger partial charge in [0.25, 0.3) is 11.8 Å². The lowest BCUT2D eigenvalue weighted by molar-refractivity contribution is 0.0995. The zero-order chi connectivity index (χ0) is 22.3. The lowest BCUT2D eigenvalue weighted by atomic mass is 10.1. The van der Waals surface area contributed by atoms with Gasteiger partial charge in [-0.2, -0.15) is 0 Å². The highest BCUT2D eigenvalue weighted by Crippen LogP contribution is 2.20. The Morgan fingerprint density at radius 2 is 1.56 bits per heavy atom. The molecule has 0 spiro atoms. The maximum Gasteiger partial charge on any atom is 0.291 e. The van der Waals surface area contributed by atoms with Crippen LogP contribution in [0.4, 0.5) is 11.4 Å². The Morgan fingerprint density at radius 3 is 2.31 bits per heavy atom. The SMILES string of the molecule is Cc1cccc(COc2cccc(C(=O)Nc3cccc(NC(=O)c4ccco4)c3)c2)c1. The van der Waals surface area contributed by atoms with Crippen molar-refractivity contribution in [2.24, 2.45) is 0 Å². The normalized spacial score (nSPS) is 10.4. The lowest BCUT2D eigenvalue weighted by Crippen LogP contribution is -2.13. The van der Waals surface area contributed by atoms with Crippen LogP contribution in [0.1, 0.15) is 32.0 Å². The van der Waals surface area contributed by atoms with Crippen LogP contribution in [-0.2, 0) is 6.61 Å². The van der Waals surface area contributed by atoms with Gasteiger partial charge in [0, 0.05) is 16.9 Å². The van der Waals surface area contributed by atoms with E-state index in [0.717, 1.165) is 5.56 Å². The highest BCUT2D eigenvalue weighted by Gasteiger charge is 2.11. The Labute approximate surface area is 185 Å². The van der Waals surface area contributed by atoms with E-state index in [9.17, 15) is 9.59 Å². The molecule has 0 bridgehead atoms. The van der Waals surface area contributed by atoms with Gasteiger partial charge in [0.05, 0.1) is 6.26 Å². The van der Waals surface area contributed by atoms with Gasteiger partial charge in [-0.15, -0.1) is 0 Å². The first-order valence-electron chi connectivity index (χ1n) is 10.1. The van der Waals surface area contributed by atoms with Gasteiger partial charge in [-0.25, -0.2) is 0 Å². The molecule has 0 saturated carbocycles. The Hall–Kier alpha value is -4.32. The number of hydrogen-bond acceptors (Lipinski definition) is 4. The molecule has 0 fully saturated rings. The molecule has 6 heteroatoms. The molecule has 2 N–H and O–H groups in total. The fourth-order valence-corrected chi connectivity index (χ4v) is 3.17. The minimum Gasteiger partial charge on any atom is -0.489 e. The fraction of sp³-hybridized carbons (Fsp3) is 0.0769. The van der Waals surface area contributed by atoms with E-state index in [1.54, 1.807) is 54.6 Å². The summed E-state index contributed by atoms with van der Waals surface area (Å²) in [6.45, 7) is 2.45. The highest BCUT2D eigenvalue weighted by molar-refractivity contribution is 6.05. The zero-order valence-corrected chi connectivity index (χ0v) is 17.5. The predicted molar refractivity (Wildman–Crippen MR) is 123 cm³/mol. The summed E-state index contributed by atoms with van der Waals surface area (Å²) in [7, 11) is 0. The summed E-state index contributed by atoms with van der Waals surface area (Å²) in [6.07, 6.45) is 1.43. The standard InChI is InChI=1S/C26H22N2O4/c1-18-6-2-7-19(14-18)17-32-23-11-3-8-20(15-23)25(29)27-21-9-4-10-22(16-21)28-26(30)24-12-5-13-31-24/h2-16H,17H2,1H3,(H,27,29)(H,28,30). The highest BCUT2D eigenvalue weighted by atomic mass is 16.5. The quantitative estimate of drug-likeness (QED) is 0.399. The van der Waals surface area contributed by atoms with Crippen molar-refractivity contribution in [3.63, 3.8) is 0 Å². The van der Waals surface area contributed by atoms with Crippen LogP contribution in [0.25, 0.3) is 0 Å². The third-order valence-electron chi connectivity index (χ3n) is 4.71. The molecule has 6 nitrogen and oxygen atoms in total. The van der Waals surface area contributed by atoms with E-state index in [4.69, 9.17) is 9.15 Å². The smallest absolute Gasteiger partial charge is 0.291 e. The van der Waals surface area contributed by atoms with Crippen molar-refractivity contribution in [1.82, 2.24) is 0 Å². The number of rotatable bonds is 7. The van der Waals surface area contributed by atoms with Crippen molar-refractivity contribution < 1.29 is 18.7 Å². The number of benzene rings is 3. The van der Waals surface area contributed by atoms with E-state index < -0.39 is 0 Å². The van der Waals surface area contributed by atoms with Gasteiger partial charge in [-0.05, 0) is 61.0 Å². The Balaban J connectivity index is 1.39. The monoisotopic (exact) mass is 426 g/mol. The summed E-state index contributed by atoms with van der Waals surface area (Å²) in [5.74, 6) is 0.179. The van der Waals surface area contributed by atoms with Gasteiger partial charge >= 0.3 is 0 Å². The Morgan fingerprint density at radius 1 is 0.812 bits per heavy atom. The van der Waals surface area contributed by atoms with E-state index >= 15 is 0 Å². The first-order chi connectivity index (χ1) is 15.6. The number of carbonyl (C=O) groups is 2. The first kappa shape index (κ1) is 20.9. The van der Waals surface area contributed by atoms with Crippen molar-refractivity contribution in [3.05, 3.63) is 114 Å². The number of furan rings is 1. The largest absolute Gasteiger partial charge is 0.489 e. The average molecular weight is 426 g/mol. The fourth-order valence-electron chi connectivity index (χ4n) is 3.17. The van der Waals surface area contributed by atoms with Crippen LogP contribution >= 0.6 is 0 Å². The molecule has 0 aliphatic carbocycles. The van der Waals surface area contributed by atoms with E-state index in [-0.39, 0.29) is 17.6 Å². The summed E-state index contributed by atoms with van der Waals surface area (Å²) in [5, 5.41) is 5.58.